The molecule has 3 radical (unpaired) electrons. The zero-order valence-electron chi connectivity index (χ0n) is 8.46. The van der Waals surface area contributed by atoms with Crippen molar-refractivity contribution in [1.29, 1.82) is 0 Å². The highest BCUT2D eigenvalue weighted by atomic mass is 28.1. The number of nitrogens with one attached hydrogen (secondary N) is 1. The lowest BCUT2D eigenvalue weighted by atomic mass is 9.95. The van der Waals surface area contributed by atoms with Gasteiger partial charge in [0.05, 0.1) is 12.7 Å². The van der Waals surface area contributed by atoms with E-state index < -0.39 is 17.7 Å². The van der Waals surface area contributed by atoms with Crippen LogP contribution >= 0.6 is 0 Å². The Morgan fingerprint density at radius 2 is 2.14 bits per heavy atom. The molecule has 0 heterocycles. The second-order valence-electron chi connectivity index (χ2n) is 3.21. The summed E-state index contributed by atoms with van der Waals surface area (Å²) in [6.45, 7) is 2.74. The maximum Gasteiger partial charge on any atom is 0.407 e. The van der Waals surface area contributed by atoms with Crippen LogP contribution in [0.5, 0.6) is 0 Å². The number of methoxy groups -OCH3 is 1. The number of rotatable bonds is 4. The van der Waals surface area contributed by atoms with Crippen molar-refractivity contribution in [1.82, 2.24) is 5.32 Å². The number of aliphatic hydroxyl groups is 1. The molecule has 0 aliphatic rings. The monoisotopic (exact) mass is 216 g/mol. The lowest BCUT2D eigenvalue weighted by Gasteiger charge is -2.30. The van der Waals surface area contributed by atoms with E-state index in [2.05, 4.69) is 20.3 Å². The predicted molar refractivity (Wildman–Crippen MR) is 51.2 cm³/mol. The standard InChI is InChI=1S/C8H14NO4Si/c1-5(10)6(8(2,12)4-14)9-7(11)13-3/h6,12H,4H2,1-3H3,(H,9,11)/t6-,8+/m1/s1. The van der Waals surface area contributed by atoms with Crippen molar-refractivity contribution in [2.75, 3.05) is 7.11 Å². The van der Waals surface area contributed by atoms with E-state index in [0.29, 0.717) is 0 Å². The lowest BCUT2D eigenvalue weighted by Crippen LogP contribution is -2.54. The molecule has 0 aromatic rings. The van der Waals surface area contributed by atoms with Gasteiger partial charge in [-0.25, -0.2) is 4.79 Å². The van der Waals surface area contributed by atoms with Gasteiger partial charge in [-0.2, -0.15) is 0 Å². The largest absolute Gasteiger partial charge is 0.453 e. The van der Waals surface area contributed by atoms with Gasteiger partial charge in [0.25, 0.3) is 0 Å². The minimum Gasteiger partial charge on any atom is -0.453 e. The summed E-state index contributed by atoms with van der Waals surface area (Å²) < 4.78 is 4.34. The molecule has 0 bridgehead atoms. The van der Waals surface area contributed by atoms with Crippen LogP contribution in [0.15, 0.2) is 0 Å². The van der Waals surface area contributed by atoms with E-state index in [4.69, 9.17) is 0 Å². The van der Waals surface area contributed by atoms with Crippen LogP contribution in [0.1, 0.15) is 13.8 Å². The number of carbonyl (C=O) groups excluding carboxylic acids is 2. The second-order valence-corrected chi connectivity index (χ2v) is 3.57. The molecule has 0 aliphatic carbocycles. The fourth-order valence-electron chi connectivity index (χ4n) is 0.974. The van der Waals surface area contributed by atoms with Crippen molar-refractivity contribution < 1.29 is 19.4 Å². The molecule has 0 aromatic carbocycles. The molecule has 14 heavy (non-hydrogen) atoms. The molecule has 0 fully saturated rings. The van der Waals surface area contributed by atoms with E-state index in [9.17, 15) is 14.7 Å². The first-order valence-corrected chi connectivity index (χ1v) is 4.77. The fraction of sp³-hybridized carbons (Fsp3) is 0.750. The van der Waals surface area contributed by atoms with Crippen LogP contribution in [0.2, 0.25) is 6.04 Å². The number of alkyl carbamates (subject to hydrolysis) is 1. The molecule has 0 saturated carbocycles. The van der Waals surface area contributed by atoms with E-state index in [1.165, 1.54) is 21.0 Å². The van der Waals surface area contributed by atoms with Crippen LogP contribution in [0.3, 0.4) is 0 Å². The van der Waals surface area contributed by atoms with Gasteiger partial charge in [0.1, 0.15) is 6.04 Å². The number of Topliss-reactive ketones (excluding diaryl/α,β-unsaturated/α-hetero) is 1. The van der Waals surface area contributed by atoms with Crippen molar-refractivity contribution in [2.24, 2.45) is 0 Å². The van der Waals surface area contributed by atoms with Gasteiger partial charge >= 0.3 is 6.09 Å². The number of hydrogen-bond donors (Lipinski definition) is 2. The van der Waals surface area contributed by atoms with Crippen molar-refractivity contribution in [3.63, 3.8) is 0 Å². The maximum absolute atomic E-state index is 11.1. The van der Waals surface area contributed by atoms with Gasteiger partial charge in [0.15, 0.2) is 5.78 Å². The Hall–Kier alpha value is -0.883. The highest BCUT2D eigenvalue weighted by molar-refractivity contribution is 6.09. The van der Waals surface area contributed by atoms with Gasteiger partial charge < -0.3 is 15.2 Å². The summed E-state index contributed by atoms with van der Waals surface area (Å²) >= 11 is 0. The molecule has 2 atom stereocenters. The number of hydrogen-bond acceptors (Lipinski definition) is 4. The third-order valence-corrected chi connectivity index (χ3v) is 2.55. The SMILES string of the molecule is COC(=O)N[C@H](C(C)=O)[C@@](C)(O)C[Si]. The van der Waals surface area contributed by atoms with Crippen molar-refractivity contribution in [3.8, 4) is 0 Å². The van der Waals surface area contributed by atoms with Gasteiger partial charge in [0, 0.05) is 10.2 Å². The normalized spacial score (nSPS) is 16.6. The van der Waals surface area contributed by atoms with Gasteiger partial charge in [-0.1, -0.05) is 0 Å². The Bertz CT molecular complexity index is 229. The molecule has 5 nitrogen and oxygen atoms in total. The average molecular weight is 216 g/mol. The third-order valence-electron chi connectivity index (χ3n) is 1.83. The molecule has 6 heteroatoms. The average Bonchev–Trinajstić information content (AvgIpc) is 2.12. The topological polar surface area (TPSA) is 75.6 Å². The minimum atomic E-state index is -1.34. The predicted octanol–water partition coefficient (Wildman–Crippen LogP) is -0.362. The van der Waals surface area contributed by atoms with E-state index in [1.807, 2.05) is 0 Å². The zero-order valence-corrected chi connectivity index (χ0v) is 9.46. The fourth-order valence-corrected chi connectivity index (χ4v) is 1.18. The summed E-state index contributed by atoms with van der Waals surface area (Å²) in [5.41, 5.74) is -1.34. The van der Waals surface area contributed by atoms with Gasteiger partial charge in [0.2, 0.25) is 0 Å². The summed E-state index contributed by atoms with van der Waals surface area (Å²) in [6, 6.07) is -0.811. The van der Waals surface area contributed by atoms with Crippen molar-refractivity contribution in [3.05, 3.63) is 0 Å². The van der Waals surface area contributed by atoms with Crippen LogP contribution in [0, 0.1) is 0 Å². The van der Waals surface area contributed by atoms with Crippen LogP contribution in [-0.2, 0) is 9.53 Å². The van der Waals surface area contributed by atoms with Crippen LogP contribution < -0.4 is 5.32 Å². The minimum absolute atomic E-state index is 0.168. The Labute approximate surface area is 86.2 Å². The number of carbonyl (C=O) groups is 2. The molecule has 0 aliphatic heterocycles. The summed E-state index contributed by atoms with van der Waals surface area (Å²) in [4.78, 5) is 22.0. The Morgan fingerprint density at radius 3 is 2.43 bits per heavy atom. The number of amides is 1. The molecule has 79 valence electrons. The Morgan fingerprint density at radius 1 is 1.64 bits per heavy atom. The van der Waals surface area contributed by atoms with Gasteiger partial charge in [-0.3, -0.25) is 4.79 Å². The van der Waals surface area contributed by atoms with E-state index in [1.54, 1.807) is 0 Å². The Balaban J connectivity index is 4.61. The first-order valence-electron chi connectivity index (χ1n) is 4.07. The lowest BCUT2D eigenvalue weighted by molar-refractivity contribution is -0.124. The molecule has 2 N–H and O–H groups in total. The smallest absolute Gasteiger partial charge is 0.407 e. The molecule has 0 rings (SSSR count). The van der Waals surface area contributed by atoms with E-state index in [0.717, 1.165) is 0 Å². The van der Waals surface area contributed by atoms with Crippen LogP contribution in [0.4, 0.5) is 4.79 Å². The maximum atomic E-state index is 11.1. The number of ketones is 1. The van der Waals surface area contributed by atoms with Crippen molar-refractivity contribution >= 4 is 22.1 Å². The highest BCUT2D eigenvalue weighted by Gasteiger charge is 2.35. The summed E-state index contributed by atoms with van der Waals surface area (Å²) in [5, 5.41) is 12.0. The van der Waals surface area contributed by atoms with E-state index in [-0.39, 0.29) is 11.8 Å². The quantitative estimate of drug-likeness (QED) is 0.629. The first-order chi connectivity index (χ1) is 6.35. The zero-order chi connectivity index (χ0) is 11.4. The molecular weight excluding hydrogens is 202 g/mol. The second kappa shape index (κ2) is 5.11. The summed E-state index contributed by atoms with van der Waals surface area (Å²) in [7, 11) is 4.30. The molecular formula is C8H14NO4Si. The molecule has 0 aromatic heterocycles. The first kappa shape index (κ1) is 13.1. The molecule has 0 saturated heterocycles. The molecule has 0 spiro atoms. The summed E-state index contributed by atoms with van der Waals surface area (Å²) in [6.07, 6.45) is -0.745. The number of ether oxygens (including phenoxy) is 1. The highest BCUT2D eigenvalue weighted by Crippen LogP contribution is 2.14. The summed E-state index contributed by atoms with van der Waals surface area (Å²) in [5.74, 6) is -0.335. The molecule has 1 amide bonds. The van der Waals surface area contributed by atoms with E-state index >= 15 is 0 Å². The van der Waals surface area contributed by atoms with Gasteiger partial charge in [-0.05, 0) is 19.9 Å². The van der Waals surface area contributed by atoms with Gasteiger partial charge in [-0.15, -0.1) is 0 Å². The van der Waals surface area contributed by atoms with Crippen LogP contribution in [0.25, 0.3) is 0 Å². The third kappa shape index (κ3) is 3.47. The Kier molecular flexibility index (Phi) is 4.79. The van der Waals surface area contributed by atoms with Crippen LogP contribution in [-0.4, -0.2) is 46.0 Å². The van der Waals surface area contributed by atoms with Crippen molar-refractivity contribution in [2.45, 2.75) is 31.5 Å². The molecule has 0 unspecified atom stereocenters.